The molecule has 0 unspecified atom stereocenters. The first-order valence-electron chi connectivity index (χ1n) is 5.76. The first kappa shape index (κ1) is 12.8. The van der Waals surface area contributed by atoms with Crippen molar-refractivity contribution in [2.24, 2.45) is 5.41 Å². The predicted molar refractivity (Wildman–Crippen MR) is 64.5 cm³/mol. The van der Waals surface area contributed by atoms with Crippen molar-refractivity contribution in [2.75, 3.05) is 18.8 Å². The quantitative estimate of drug-likeness (QED) is 0.483. The minimum atomic E-state index is -0.624. The minimum absolute atomic E-state index is 0.491. The molecule has 0 spiro atoms. The molecule has 0 heterocycles. The summed E-state index contributed by atoms with van der Waals surface area (Å²) in [6.07, 6.45) is 5.96. The van der Waals surface area contributed by atoms with Crippen molar-refractivity contribution >= 4 is 18.6 Å². The molecule has 0 radical (unpaired) electrons. The van der Waals surface area contributed by atoms with Crippen LogP contribution in [-0.2, 0) is 4.79 Å². The van der Waals surface area contributed by atoms with E-state index in [9.17, 15) is 9.90 Å². The summed E-state index contributed by atoms with van der Waals surface area (Å²) in [5, 5.41) is 12.5. The fourth-order valence-corrected chi connectivity index (χ4v) is 2.38. The molecule has 3 nitrogen and oxygen atoms in total. The first-order chi connectivity index (χ1) is 7.21. The largest absolute Gasteiger partial charge is 0.481 e. The van der Waals surface area contributed by atoms with Gasteiger partial charge >= 0.3 is 5.97 Å². The predicted octanol–water partition coefficient (Wildman–Crippen LogP) is 1.93. The number of hydrogen-bond donors (Lipinski definition) is 3. The van der Waals surface area contributed by atoms with Gasteiger partial charge in [0.1, 0.15) is 0 Å². The van der Waals surface area contributed by atoms with Crippen molar-refractivity contribution in [1.29, 1.82) is 0 Å². The minimum Gasteiger partial charge on any atom is -0.481 e. The van der Waals surface area contributed by atoms with Gasteiger partial charge in [-0.15, -0.1) is 0 Å². The number of thiol groups is 1. The normalized spacial score (nSPS) is 20.1. The van der Waals surface area contributed by atoms with Crippen LogP contribution in [0.2, 0.25) is 0 Å². The Kier molecular flexibility index (Phi) is 5.47. The van der Waals surface area contributed by atoms with Crippen molar-refractivity contribution in [3.63, 3.8) is 0 Å². The topological polar surface area (TPSA) is 49.3 Å². The zero-order valence-corrected chi connectivity index (χ0v) is 10.1. The summed E-state index contributed by atoms with van der Waals surface area (Å²) >= 11 is 4.13. The summed E-state index contributed by atoms with van der Waals surface area (Å²) in [5.41, 5.74) is -0.491. The molecule has 88 valence electrons. The number of nitrogens with one attached hydrogen (secondary N) is 1. The second-order valence-corrected chi connectivity index (χ2v) is 4.85. The second kappa shape index (κ2) is 6.38. The lowest BCUT2D eigenvalue weighted by Crippen LogP contribution is -2.42. The molecule has 1 aliphatic rings. The fraction of sp³-hybridized carbons (Fsp3) is 0.909. The molecule has 0 aliphatic heterocycles. The summed E-state index contributed by atoms with van der Waals surface area (Å²) in [6.45, 7) is 1.49. The van der Waals surface area contributed by atoms with Crippen LogP contribution >= 0.6 is 12.6 Å². The summed E-state index contributed by atoms with van der Waals surface area (Å²) < 4.78 is 0. The van der Waals surface area contributed by atoms with Gasteiger partial charge in [-0.1, -0.05) is 19.3 Å². The van der Waals surface area contributed by atoms with Gasteiger partial charge < -0.3 is 10.4 Å². The Morgan fingerprint density at radius 3 is 2.53 bits per heavy atom. The van der Waals surface area contributed by atoms with Gasteiger partial charge in [0, 0.05) is 6.54 Å². The van der Waals surface area contributed by atoms with Crippen molar-refractivity contribution in [2.45, 2.75) is 38.5 Å². The molecule has 1 rings (SSSR count). The Labute approximate surface area is 97.0 Å². The van der Waals surface area contributed by atoms with Crippen LogP contribution in [0.3, 0.4) is 0 Å². The van der Waals surface area contributed by atoms with E-state index in [2.05, 4.69) is 17.9 Å². The van der Waals surface area contributed by atoms with Crippen LogP contribution in [0.25, 0.3) is 0 Å². The Balaban J connectivity index is 2.39. The second-order valence-electron chi connectivity index (χ2n) is 4.40. The van der Waals surface area contributed by atoms with Gasteiger partial charge in [-0.3, -0.25) is 4.79 Å². The number of carboxylic acids is 1. The van der Waals surface area contributed by atoms with E-state index in [1.165, 1.54) is 6.42 Å². The van der Waals surface area contributed by atoms with E-state index in [4.69, 9.17) is 0 Å². The van der Waals surface area contributed by atoms with Crippen molar-refractivity contribution in [1.82, 2.24) is 5.32 Å². The van der Waals surface area contributed by atoms with E-state index in [1.807, 2.05) is 0 Å². The lowest BCUT2D eigenvalue weighted by molar-refractivity contribution is -0.150. The molecule has 0 atom stereocenters. The third-order valence-electron chi connectivity index (χ3n) is 3.24. The summed E-state index contributed by atoms with van der Waals surface area (Å²) in [5.74, 6) is 0.230. The number of carbonyl (C=O) groups is 1. The molecule has 0 saturated heterocycles. The lowest BCUT2D eigenvalue weighted by atomic mass is 9.74. The van der Waals surface area contributed by atoms with E-state index in [0.717, 1.165) is 44.4 Å². The zero-order chi connectivity index (χ0) is 11.1. The van der Waals surface area contributed by atoms with Crippen LogP contribution in [0.1, 0.15) is 38.5 Å². The molecule has 1 fully saturated rings. The maximum Gasteiger partial charge on any atom is 0.310 e. The molecular formula is C11H21NO2S. The number of hydrogen-bond acceptors (Lipinski definition) is 3. The van der Waals surface area contributed by atoms with Gasteiger partial charge in [0.15, 0.2) is 0 Å². The average Bonchev–Trinajstić information content (AvgIpc) is 2.26. The third kappa shape index (κ3) is 3.68. The highest BCUT2D eigenvalue weighted by Gasteiger charge is 2.38. The van der Waals surface area contributed by atoms with Crippen LogP contribution in [-0.4, -0.2) is 29.9 Å². The number of carboxylic acid groups (broad SMARTS) is 1. The molecule has 1 saturated carbocycles. The van der Waals surface area contributed by atoms with Crippen LogP contribution in [0, 0.1) is 5.41 Å². The van der Waals surface area contributed by atoms with E-state index in [1.54, 1.807) is 0 Å². The standard InChI is InChI=1S/C11H21NO2S/c13-10(14)11(5-2-1-3-6-11)9-12-7-4-8-15/h12,15H,1-9H2,(H,13,14). The van der Waals surface area contributed by atoms with Crippen LogP contribution < -0.4 is 5.32 Å². The van der Waals surface area contributed by atoms with Crippen LogP contribution in [0.5, 0.6) is 0 Å². The maximum atomic E-state index is 11.3. The van der Waals surface area contributed by atoms with Crippen molar-refractivity contribution in [3.05, 3.63) is 0 Å². The van der Waals surface area contributed by atoms with Crippen molar-refractivity contribution in [3.8, 4) is 0 Å². The third-order valence-corrected chi connectivity index (χ3v) is 3.56. The van der Waals surface area contributed by atoms with Gasteiger partial charge in [-0.05, 0) is 31.6 Å². The SMILES string of the molecule is O=C(O)C1(CNCCCS)CCCCC1. The maximum absolute atomic E-state index is 11.3. The lowest BCUT2D eigenvalue weighted by Gasteiger charge is -2.33. The van der Waals surface area contributed by atoms with Gasteiger partial charge in [-0.2, -0.15) is 12.6 Å². The molecule has 0 aromatic heterocycles. The van der Waals surface area contributed by atoms with Crippen molar-refractivity contribution < 1.29 is 9.90 Å². The van der Waals surface area contributed by atoms with Gasteiger partial charge in [0.05, 0.1) is 5.41 Å². The number of aliphatic carboxylic acids is 1. The van der Waals surface area contributed by atoms with Crippen LogP contribution in [0.15, 0.2) is 0 Å². The molecule has 0 bridgehead atoms. The molecule has 4 heteroatoms. The van der Waals surface area contributed by atoms with Gasteiger partial charge in [-0.25, -0.2) is 0 Å². The summed E-state index contributed by atoms with van der Waals surface area (Å²) in [7, 11) is 0. The van der Waals surface area contributed by atoms with E-state index in [0.29, 0.717) is 6.54 Å². The molecule has 0 amide bonds. The Hall–Kier alpha value is -0.220. The molecule has 2 N–H and O–H groups in total. The van der Waals surface area contributed by atoms with E-state index >= 15 is 0 Å². The summed E-state index contributed by atoms with van der Waals surface area (Å²) in [6, 6.07) is 0. The molecule has 0 aromatic rings. The highest BCUT2D eigenvalue weighted by Crippen LogP contribution is 2.35. The van der Waals surface area contributed by atoms with Gasteiger partial charge in [0.2, 0.25) is 0 Å². The highest BCUT2D eigenvalue weighted by molar-refractivity contribution is 7.80. The fourth-order valence-electron chi connectivity index (χ4n) is 2.23. The zero-order valence-electron chi connectivity index (χ0n) is 9.17. The molecule has 1 aliphatic carbocycles. The molecular weight excluding hydrogens is 210 g/mol. The Morgan fingerprint density at radius 2 is 2.00 bits per heavy atom. The van der Waals surface area contributed by atoms with E-state index < -0.39 is 11.4 Å². The molecule has 15 heavy (non-hydrogen) atoms. The Morgan fingerprint density at radius 1 is 1.33 bits per heavy atom. The van der Waals surface area contributed by atoms with E-state index in [-0.39, 0.29) is 0 Å². The Bertz CT molecular complexity index is 203. The van der Waals surface area contributed by atoms with Crippen LogP contribution in [0.4, 0.5) is 0 Å². The molecule has 0 aromatic carbocycles. The highest BCUT2D eigenvalue weighted by atomic mass is 32.1. The summed E-state index contributed by atoms with van der Waals surface area (Å²) in [4.78, 5) is 11.3. The number of rotatable bonds is 6. The average molecular weight is 231 g/mol. The smallest absolute Gasteiger partial charge is 0.310 e. The first-order valence-corrected chi connectivity index (χ1v) is 6.39. The van der Waals surface area contributed by atoms with Gasteiger partial charge in [0.25, 0.3) is 0 Å². The monoisotopic (exact) mass is 231 g/mol.